The van der Waals surface area contributed by atoms with Crippen LogP contribution in [0.25, 0.3) is 0 Å². The molecule has 0 spiro atoms. The Hall–Kier alpha value is -0.570. The van der Waals surface area contributed by atoms with Crippen LogP contribution in [0.3, 0.4) is 0 Å². The molecule has 2 rings (SSSR count). The molecule has 1 unspecified atom stereocenters. The van der Waals surface area contributed by atoms with E-state index in [1.165, 1.54) is 44.9 Å². The van der Waals surface area contributed by atoms with Gasteiger partial charge in [-0.05, 0) is 44.2 Å². The van der Waals surface area contributed by atoms with E-state index >= 15 is 0 Å². The van der Waals surface area contributed by atoms with Gasteiger partial charge >= 0.3 is 0 Å². The molecule has 1 atom stereocenters. The van der Waals surface area contributed by atoms with Crippen LogP contribution in [0.5, 0.6) is 0 Å². The highest BCUT2D eigenvalue weighted by Gasteiger charge is 2.27. The predicted octanol–water partition coefficient (Wildman–Crippen LogP) is 3.44. The van der Waals surface area contributed by atoms with Gasteiger partial charge in [0.15, 0.2) is 0 Å². The SMILES string of the molecule is CCNCC1CCN(C(=O)C(C)CC2CCCCC2)CC1. The summed E-state index contributed by atoms with van der Waals surface area (Å²) in [6, 6.07) is 0. The van der Waals surface area contributed by atoms with Crippen LogP contribution < -0.4 is 5.32 Å². The second-order valence-corrected chi connectivity index (χ2v) is 7.22. The van der Waals surface area contributed by atoms with Gasteiger partial charge in [-0.2, -0.15) is 0 Å². The number of rotatable bonds is 6. The summed E-state index contributed by atoms with van der Waals surface area (Å²) in [5.74, 6) is 2.23. The van der Waals surface area contributed by atoms with Gasteiger partial charge in [0.2, 0.25) is 5.91 Å². The Morgan fingerprint density at radius 2 is 1.76 bits per heavy atom. The van der Waals surface area contributed by atoms with E-state index in [1.54, 1.807) is 0 Å². The van der Waals surface area contributed by atoms with Gasteiger partial charge in [0, 0.05) is 19.0 Å². The molecule has 1 amide bonds. The average molecular weight is 294 g/mol. The van der Waals surface area contributed by atoms with Crippen LogP contribution in [0.1, 0.15) is 65.2 Å². The molecule has 0 bridgehead atoms. The predicted molar refractivity (Wildman–Crippen MR) is 88.2 cm³/mol. The first kappa shape index (κ1) is 16.8. The van der Waals surface area contributed by atoms with Crippen LogP contribution in [0.15, 0.2) is 0 Å². The molecule has 0 aromatic heterocycles. The molecule has 3 nitrogen and oxygen atoms in total. The summed E-state index contributed by atoms with van der Waals surface area (Å²) in [7, 11) is 0. The first-order valence-electron chi connectivity index (χ1n) is 9.20. The first-order chi connectivity index (χ1) is 10.2. The number of carbonyl (C=O) groups is 1. The van der Waals surface area contributed by atoms with Crippen LogP contribution in [0, 0.1) is 17.8 Å². The number of hydrogen-bond acceptors (Lipinski definition) is 2. The standard InChI is InChI=1S/C18H34N2O/c1-3-19-14-17-9-11-20(12-10-17)18(21)15(2)13-16-7-5-4-6-8-16/h15-17,19H,3-14H2,1-2H3. The molecule has 1 saturated carbocycles. The third-order valence-electron chi connectivity index (χ3n) is 5.44. The average Bonchev–Trinajstić information content (AvgIpc) is 2.53. The van der Waals surface area contributed by atoms with E-state index in [0.717, 1.165) is 44.4 Å². The first-order valence-corrected chi connectivity index (χ1v) is 9.20. The maximum Gasteiger partial charge on any atom is 0.225 e. The molecule has 21 heavy (non-hydrogen) atoms. The maximum atomic E-state index is 12.6. The number of piperidine rings is 1. The number of hydrogen-bond donors (Lipinski definition) is 1. The zero-order chi connectivity index (χ0) is 15.1. The minimum atomic E-state index is 0.235. The Morgan fingerprint density at radius 3 is 2.38 bits per heavy atom. The van der Waals surface area contributed by atoms with Crippen LogP contribution in [0.2, 0.25) is 0 Å². The third-order valence-corrected chi connectivity index (χ3v) is 5.44. The molecule has 3 heteroatoms. The fourth-order valence-corrected chi connectivity index (χ4v) is 4.04. The highest BCUT2D eigenvalue weighted by Crippen LogP contribution is 2.30. The molecular formula is C18H34N2O. The van der Waals surface area contributed by atoms with Crippen molar-refractivity contribution in [3.8, 4) is 0 Å². The van der Waals surface area contributed by atoms with E-state index < -0.39 is 0 Å². The lowest BCUT2D eigenvalue weighted by atomic mass is 9.82. The summed E-state index contributed by atoms with van der Waals surface area (Å²) in [6.45, 7) is 8.44. The Labute approximate surface area is 130 Å². The second kappa shape index (κ2) is 8.77. The minimum Gasteiger partial charge on any atom is -0.342 e. The monoisotopic (exact) mass is 294 g/mol. The number of nitrogens with zero attached hydrogens (tertiary/aromatic N) is 1. The van der Waals surface area contributed by atoms with Gasteiger partial charge in [0.05, 0.1) is 0 Å². The van der Waals surface area contributed by atoms with Gasteiger partial charge in [-0.25, -0.2) is 0 Å². The summed E-state index contributed by atoms with van der Waals surface area (Å²) in [4.78, 5) is 14.7. The lowest BCUT2D eigenvalue weighted by molar-refractivity contribution is -0.137. The second-order valence-electron chi connectivity index (χ2n) is 7.22. The summed E-state index contributed by atoms with van der Waals surface area (Å²) >= 11 is 0. The smallest absolute Gasteiger partial charge is 0.225 e. The molecule has 2 aliphatic rings. The van der Waals surface area contributed by atoms with Crippen molar-refractivity contribution in [2.45, 2.75) is 65.2 Å². The largest absolute Gasteiger partial charge is 0.342 e. The summed E-state index contributed by atoms with van der Waals surface area (Å²) in [6.07, 6.45) is 10.3. The van der Waals surface area contributed by atoms with Gasteiger partial charge in [0.25, 0.3) is 0 Å². The molecule has 1 N–H and O–H groups in total. The van der Waals surface area contributed by atoms with E-state index in [4.69, 9.17) is 0 Å². The van der Waals surface area contributed by atoms with Gasteiger partial charge in [-0.15, -0.1) is 0 Å². The Morgan fingerprint density at radius 1 is 1.10 bits per heavy atom. The molecule has 1 saturated heterocycles. The normalized spacial score (nSPS) is 23.2. The van der Waals surface area contributed by atoms with Crippen molar-refractivity contribution >= 4 is 5.91 Å². The van der Waals surface area contributed by atoms with Crippen molar-refractivity contribution in [1.82, 2.24) is 10.2 Å². The maximum absolute atomic E-state index is 12.6. The number of carbonyl (C=O) groups excluding carboxylic acids is 1. The molecule has 0 aromatic carbocycles. The Kier molecular flexibility index (Phi) is 7.01. The van der Waals surface area contributed by atoms with Crippen molar-refractivity contribution in [1.29, 1.82) is 0 Å². The molecular weight excluding hydrogens is 260 g/mol. The Bertz CT molecular complexity index is 304. The van der Waals surface area contributed by atoms with Gasteiger partial charge < -0.3 is 10.2 Å². The molecule has 122 valence electrons. The topological polar surface area (TPSA) is 32.3 Å². The fourth-order valence-electron chi connectivity index (χ4n) is 4.04. The number of amides is 1. The van der Waals surface area contributed by atoms with E-state index in [-0.39, 0.29) is 5.92 Å². The van der Waals surface area contributed by atoms with Crippen LogP contribution in [0.4, 0.5) is 0 Å². The van der Waals surface area contributed by atoms with Gasteiger partial charge in [0.1, 0.15) is 0 Å². The summed E-state index contributed by atoms with van der Waals surface area (Å²) in [5.41, 5.74) is 0. The van der Waals surface area contributed by atoms with E-state index in [2.05, 4.69) is 24.1 Å². The summed E-state index contributed by atoms with van der Waals surface area (Å²) in [5, 5.41) is 3.44. The molecule has 0 aromatic rings. The molecule has 2 fully saturated rings. The van der Waals surface area contributed by atoms with Gasteiger partial charge in [-0.1, -0.05) is 46.0 Å². The zero-order valence-electron chi connectivity index (χ0n) is 14.1. The Balaban J connectivity index is 1.70. The van der Waals surface area contributed by atoms with Gasteiger partial charge in [-0.3, -0.25) is 4.79 Å². The van der Waals surface area contributed by atoms with Crippen molar-refractivity contribution in [3.05, 3.63) is 0 Å². The lowest BCUT2D eigenvalue weighted by Gasteiger charge is -2.34. The highest BCUT2D eigenvalue weighted by molar-refractivity contribution is 5.78. The zero-order valence-corrected chi connectivity index (χ0v) is 14.1. The van der Waals surface area contributed by atoms with Crippen molar-refractivity contribution in [2.24, 2.45) is 17.8 Å². The van der Waals surface area contributed by atoms with E-state index in [9.17, 15) is 4.79 Å². The van der Waals surface area contributed by atoms with Crippen molar-refractivity contribution in [3.63, 3.8) is 0 Å². The fraction of sp³-hybridized carbons (Fsp3) is 0.944. The van der Waals surface area contributed by atoms with Crippen molar-refractivity contribution in [2.75, 3.05) is 26.2 Å². The molecule has 0 radical (unpaired) electrons. The summed E-state index contributed by atoms with van der Waals surface area (Å²) < 4.78 is 0. The highest BCUT2D eigenvalue weighted by atomic mass is 16.2. The third kappa shape index (κ3) is 5.28. The molecule has 1 heterocycles. The van der Waals surface area contributed by atoms with Crippen LogP contribution in [-0.4, -0.2) is 37.0 Å². The van der Waals surface area contributed by atoms with Crippen LogP contribution in [-0.2, 0) is 4.79 Å². The lowest BCUT2D eigenvalue weighted by Crippen LogP contribution is -2.43. The molecule has 1 aliphatic heterocycles. The minimum absolute atomic E-state index is 0.235. The van der Waals surface area contributed by atoms with Crippen LogP contribution >= 0.6 is 0 Å². The van der Waals surface area contributed by atoms with Crippen molar-refractivity contribution < 1.29 is 4.79 Å². The number of nitrogens with one attached hydrogen (secondary N) is 1. The number of likely N-dealkylation sites (tertiary alicyclic amines) is 1. The van der Waals surface area contributed by atoms with E-state index in [1.807, 2.05) is 0 Å². The quantitative estimate of drug-likeness (QED) is 0.814. The van der Waals surface area contributed by atoms with E-state index in [0.29, 0.717) is 5.91 Å². The molecule has 1 aliphatic carbocycles.